The van der Waals surface area contributed by atoms with Gasteiger partial charge in [0.15, 0.2) is 0 Å². The largest absolute Gasteiger partial charge is 0.316 e. The molecule has 2 aliphatic heterocycles. The van der Waals surface area contributed by atoms with Crippen LogP contribution in [0.2, 0.25) is 0 Å². The molecule has 2 heterocycles. The third kappa shape index (κ3) is 1.88. The minimum atomic E-state index is 0.439. The lowest BCUT2D eigenvalue weighted by Crippen LogP contribution is -2.49. The summed E-state index contributed by atoms with van der Waals surface area (Å²) in [4.78, 5) is 0. The Morgan fingerprint density at radius 3 is 2.78 bits per heavy atom. The molecule has 2 fully saturated rings. The second-order valence-electron chi connectivity index (χ2n) is 5.85. The monoisotopic (exact) mass is 244 g/mol. The molecule has 2 nitrogen and oxygen atoms in total. The molecule has 1 aromatic carbocycles. The predicted octanol–water partition coefficient (Wildman–Crippen LogP) is 2.52. The molecule has 3 atom stereocenters. The molecule has 0 aromatic heterocycles. The maximum absolute atomic E-state index is 3.78. The van der Waals surface area contributed by atoms with Crippen LogP contribution in [-0.4, -0.2) is 25.7 Å². The molecule has 2 N–H and O–H groups in total. The van der Waals surface area contributed by atoms with E-state index in [0.717, 1.165) is 6.54 Å². The molecule has 98 valence electrons. The zero-order valence-electron chi connectivity index (χ0n) is 11.3. The topological polar surface area (TPSA) is 24.1 Å². The fourth-order valence-electron chi connectivity index (χ4n) is 4.14. The summed E-state index contributed by atoms with van der Waals surface area (Å²) in [6, 6.07) is 11.8. The number of rotatable bonds is 2. The minimum absolute atomic E-state index is 0.439. The summed E-state index contributed by atoms with van der Waals surface area (Å²) in [5.74, 6) is 0.677. The van der Waals surface area contributed by atoms with Crippen LogP contribution >= 0.6 is 0 Å². The molecule has 0 bridgehead atoms. The molecule has 0 radical (unpaired) electrons. The van der Waals surface area contributed by atoms with Crippen LogP contribution in [0.1, 0.15) is 37.7 Å². The number of benzene rings is 1. The highest BCUT2D eigenvalue weighted by Crippen LogP contribution is 2.48. The van der Waals surface area contributed by atoms with Gasteiger partial charge in [0.25, 0.3) is 0 Å². The normalized spacial score (nSPS) is 36.1. The van der Waals surface area contributed by atoms with Crippen LogP contribution < -0.4 is 10.6 Å². The molecule has 0 aliphatic carbocycles. The maximum atomic E-state index is 3.78. The molecular formula is C16H24N2. The standard InChI is InChI=1S/C16H24N2/c1-2-15-16(9-6-10-17-12-16)14(11-18-15)13-7-4-3-5-8-13/h3-5,7-8,14-15,17-18H,2,6,9-12H2,1H3. The lowest BCUT2D eigenvalue weighted by molar-refractivity contribution is 0.156. The van der Waals surface area contributed by atoms with Gasteiger partial charge in [-0.1, -0.05) is 37.3 Å². The summed E-state index contributed by atoms with van der Waals surface area (Å²) in [7, 11) is 0. The van der Waals surface area contributed by atoms with Gasteiger partial charge in [0.1, 0.15) is 0 Å². The van der Waals surface area contributed by atoms with Gasteiger partial charge < -0.3 is 10.6 Å². The van der Waals surface area contributed by atoms with Crippen molar-refractivity contribution in [3.8, 4) is 0 Å². The highest BCUT2D eigenvalue weighted by atomic mass is 15.0. The predicted molar refractivity (Wildman–Crippen MR) is 75.8 cm³/mol. The molecule has 2 heteroatoms. The minimum Gasteiger partial charge on any atom is -0.316 e. The van der Waals surface area contributed by atoms with E-state index in [1.807, 2.05) is 0 Å². The van der Waals surface area contributed by atoms with Crippen molar-refractivity contribution < 1.29 is 0 Å². The molecule has 1 aromatic rings. The maximum Gasteiger partial charge on any atom is 0.0140 e. The summed E-state index contributed by atoms with van der Waals surface area (Å²) in [6.07, 6.45) is 3.93. The zero-order chi connectivity index (χ0) is 12.4. The molecular weight excluding hydrogens is 220 g/mol. The second-order valence-corrected chi connectivity index (χ2v) is 5.85. The van der Waals surface area contributed by atoms with Crippen LogP contribution in [0.25, 0.3) is 0 Å². The van der Waals surface area contributed by atoms with Gasteiger partial charge in [-0.2, -0.15) is 0 Å². The fourth-order valence-corrected chi connectivity index (χ4v) is 4.14. The SMILES string of the molecule is CCC1NCC(c2ccccc2)C12CCCNC2. The van der Waals surface area contributed by atoms with Crippen molar-refractivity contribution >= 4 is 0 Å². The van der Waals surface area contributed by atoms with Crippen LogP contribution in [0.15, 0.2) is 30.3 Å². The third-order valence-electron chi connectivity index (χ3n) is 5.02. The Bertz CT molecular complexity index is 381. The van der Waals surface area contributed by atoms with Gasteiger partial charge in [-0.05, 0) is 31.4 Å². The van der Waals surface area contributed by atoms with E-state index < -0.39 is 0 Å². The van der Waals surface area contributed by atoms with E-state index in [4.69, 9.17) is 0 Å². The van der Waals surface area contributed by atoms with Gasteiger partial charge in [0.05, 0.1) is 0 Å². The second kappa shape index (κ2) is 5.02. The Balaban J connectivity index is 1.93. The third-order valence-corrected chi connectivity index (χ3v) is 5.02. The van der Waals surface area contributed by atoms with Gasteiger partial charge in [0, 0.05) is 30.5 Å². The average molecular weight is 244 g/mol. The fraction of sp³-hybridized carbons (Fsp3) is 0.625. The van der Waals surface area contributed by atoms with Crippen molar-refractivity contribution in [2.24, 2.45) is 5.41 Å². The van der Waals surface area contributed by atoms with E-state index in [0.29, 0.717) is 17.4 Å². The van der Waals surface area contributed by atoms with Crippen LogP contribution in [0.4, 0.5) is 0 Å². The highest BCUT2D eigenvalue weighted by Gasteiger charge is 2.49. The van der Waals surface area contributed by atoms with Crippen molar-refractivity contribution in [2.45, 2.75) is 38.1 Å². The summed E-state index contributed by atoms with van der Waals surface area (Å²) in [6.45, 7) is 5.84. The first-order valence-electron chi connectivity index (χ1n) is 7.36. The molecule has 18 heavy (non-hydrogen) atoms. The molecule has 2 saturated heterocycles. The molecule has 1 spiro atoms. The number of piperidine rings is 1. The van der Waals surface area contributed by atoms with Gasteiger partial charge in [0.2, 0.25) is 0 Å². The van der Waals surface area contributed by atoms with Crippen molar-refractivity contribution in [3.63, 3.8) is 0 Å². The lowest BCUT2D eigenvalue weighted by Gasteiger charge is -2.43. The smallest absolute Gasteiger partial charge is 0.0140 e. The summed E-state index contributed by atoms with van der Waals surface area (Å²) >= 11 is 0. The van der Waals surface area contributed by atoms with E-state index in [1.165, 1.54) is 37.9 Å². The Labute approximate surface area is 110 Å². The number of hydrogen-bond acceptors (Lipinski definition) is 2. The average Bonchev–Trinajstić information content (AvgIpc) is 2.78. The Hall–Kier alpha value is -0.860. The van der Waals surface area contributed by atoms with Gasteiger partial charge in [-0.25, -0.2) is 0 Å². The van der Waals surface area contributed by atoms with Crippen LogP contribution in [0, 0.1) is 5.41 Å². The molecule has 0 amide bonds. The van der Waals surface area contributed by atoms with E-state index in [2.05, 4.69) is 47.9 Å². The van der Waals surface area contributed by atoms with Crippen molar-refractivity contribution in [2.75, 3.05) is 19.6 Å². The van der Waals surface area contributed by atoms with Gasteiger partial charge >= 0.3 is 0 Å². The lowest BCUT2D eigenvalue weighted by atomic mass is 9.65. The first-order chi connectivity index (χ1) is 8.87. The van der Waals surface area contributed by atoms with E-state index >= 15 is 0 Å². The van der Waals surface area contributed by atoms with Crippen LogP contribution in [0.3, 0.4) is 0 Å². The molecule has 3 rings (SSSR count). The first-order valence-corrected chi connectivity index (χ1v) is 7.36. The highest BCUT2D eigenvalue weighted by molar-refractivity contribution is 5.27. The molecule has 3 unspecified atom stereocenters. The van der Waals surface area contributed by atoms with Crippen molar-refractivity contribution in [1.29, 1.82) is 0 Å². The van der Waals surface area contributed by atoms with Gasteiger partial charge in [-0.15, -0.1) is 0 Å². The zero-order valence-corrected chi connectivity index (χ0v) is 11.3. The number of nitrogens with one attached hydrogen (secondary N) is 2. The van der Waals surface area contributed by atoms with Crippen molar-refractivity contribution in [1.82, 2.24) is 10.6 Å². The van der Waals surface area contributed by atoms with Crippen LogP contribution in [-0.2, 0) is 0 Å². The van der Waals surface area contributed by atoms with E-state index in [9.17, 15) is 0 Å². The van der Waals surface area contributed by atoms with E-state index in [-0.39, 0.29) is 0 Å². The first kappa shape index (κ1) is 12.2. The van der Waals surface area contributed by atoms with Gasteiger partial charge in [-0.3, -0.25) is 0 Å². The van der Waals surface area contributed by atoms with E-state index in [1.54, 1.807) is 0 Å². The Morgan fingerprint density at radius 2 is 2.11 bits per heavy atom. The summed E-state index contributed by atoms with van der Waals surface area (Å²) in [5.41, 5.74) is 1.96. The quantitative estimate of drug-likeness (QED) is 0.835. The van der Waals surface area contributed by atoms with Crippen molar-refractivity contribution in [3.05, 3.63) is 35.9 Å². The summed E-state index contributed by atoms with van der Waals surface area (Å²) < 4.78 is 0. The Kier molecular flexibility index (Phi) is 3.40. The van der Waals surface area contributed by atoms with Crippen LogP contribution in [0.5, 0.6) is 0 Å². The summed E-state index contributed by atoms with van der Waals surface area (Å²) in [5, 5.41) is 7.42. The Morgan fingerprint density at radius 1 is 1.28 bits per heavy atom. The molecule has 0 saturated carbocycles. The number of hydrogen-bond donors (Lipinski definition) is 2. The molecule has 2 aliphatic rings.